The number of halogens is 1. The van der Waals surface area contributed by atoms with Gasteiger partial charge < -0.3 is 14.6 Å². The van der Waals surface area contributed by atoms with Crippen molar-refractivity contribution in [1.82, 2.24) is 0 Å². The molecule has 0 amide bonds. The van der Waals surface area contributed by atoms with E-state index in [4.69, 9.17) is 21.1 Å². The van der Waals surface area contributed by atoms with Crippen LogP contribution in [0.5, 0.6) is 11.5 Å². The molecule has 0 bridgehead atoms. The van der Waals surface area contributed by atoms with Crippen LogP contribution in [0.15, 0.2) is 12.1 Å². The minimum atomic E-state index is -0.835. The Morgan fingerprint density at radius 3 is 2.47 bits per heavy atom. The second-order valence-corrected chi connectivity index (χ2v) is 4.83. The molecule has 4 nitrogen and oxygen atoms in total. The molecule has 0 atom stereocenters. The minimum absolute atomic E-state index is 0.162. The zero-order valence-corrected chi connectivity index (χ0v) is 9.79. The smallest absolute Gasteiger partial charge is 0.314 e. The summed E-state index contributed by atoms with van der Waals surface area (Å²) in [7, 11) is 0. The van der Waals surface area contributed by atoms with E-state index in [1.165, 1.54) is 0 Å². The first-order valence-electron chi connectivity index (χ1n) is 5.46. The van der Waals surface area contributed by atoms with Gasteiger partial charge in [-0.25, -0.2) is 0 Å². The number of hydrogen-bond acceptors (Lipinski definition) is 3. The minimum Gasteiger partial charge on any atom is -0.481 e. The van der Waals surface area contributed by atoms with Gasteiger partial charge in [0.05, 0.1) is 5.41 Å². The average Bonchev–Trinajstić information content (AvgIpc) is 2.62. The SMILES string of the molecule is O=C(O)C1(c2cc3c(cc2Cl)OCO3)CCC1. The van der Waals surface area contributed by atoms with Crippen molar-refractivity contribution in [1.29, 1.82) is 0 Å². The number of carboxylic acid groups (broad SMARTS) is 1. The summed E-state index contributed by atoms with van der Waals surface area (Å²) in [6, 6.07) is 3.35. The highest BCUT2D eigenvalue weighted by Gasteiger charge is 2.47. The highest BCUT2D eigenvalue weighted by atomic mass is 35.5. The van der Waals surface area contributed by atoms with Gasteiger partial charge in [-0.05, 0) is 24.5 Å². The Bertz CT molecular complexity index is 494. The van der Waals surface area contributed by atoms with Crippen LogP contribution in [0.3, 0.4) is 0 Å². The van der Waals surface area contributed by atoms with Crippen molar-refractivity contribution >= 4 is 17.6 Å². The van der Waals surface area contributed by atoms with Crippen LogP contribution in [0.2, 0.25) is 5.02 Å². The zero-order chi connectivity index (χ0) is 12.0. The third-order valence-corrected chi connectivity index (χ3v) is 3.91. The van der Waals surface area contributed by atoms with Crippen molar-refractivity contribution < 1.29 is 19.4 Å². The largest absolute Gasteiger partial charge is 0.481 e. The fraction of sp³-hybridized carbons (Fsp3) is 0.417. The van der Waals surface area contributed by atoms with Crippen LogP contribution < -0.4 is 9.47 Å². The second kappa shape index (κ2) is 3.53. The van der Waals surface area contributed by atoms with E-state index in [9.17, 15) is 9.90 Å². The van der Waals surface area contributed by atoms with Crippen LogP contribution in [0.4, 0.5) is 0 Å². The van der Waals surface area contributed by atoms with Crippen molar-refractivity contribution in [3.8, 4) is 11.5 Å². The first kappa shape index (κ1) is 10.7. The fourth-order valence-corrected chi connectivity index (χ4v) is 2.75. The van der Waals surface area contributed by atoms with E-state index < -0.39 is 11.4 Å². The Balaban J connectivity index is 2.11. The number of ether oxygens (including phenoxy) is 2. The highest BCUT2D eigenvalue weighted by molar-refractivity contribution is 6.32. The number of fused-ring (bicyclic) bond motifs is 1. The Morgan fingerprint density at radius 1 is 1.29 bits per heavy atom. The van der Waals surface area contributed by atoms with E-state index in [2.05, 4.69) is 0 Å². The molecular formula is C12H11ClO4. The summed E-state index contributed by atoms with van der Waals surface area (Å²) in [6.45, 7) is 0.162. The summed E-state index contributed by atoms with van der Waals surface area (Å²) in [5.74, 6) is 0.347. The predicted molar refractivity (Wildman–Crippen MR) is 60.7 cm³/mol. The van der Waals surface area contributed by atoms with Crippen LogP contribution >= 0.6 is 11.6 Å². The van der Waals surface area contributed by atoms with Crippen LogP contribution in [-0.4, -0.2) is 17.9 Å². The standard InChI is InChI=1S/C12H11ClO4/c13-8-5-10-9(16-6-17-10)4-7(8)12(11(14)15)2-1-3-12/h4-5H,1-3,6H2,(H,14,15). The summed E-state index contributed by atoms with van der Waals surface area (Å²) in [6.07, 6.45) is 2.17. The maximum Gasteiger partial charge on any atom is 0.314 e. The van der Waals surface area contributed by atoms with Crippen molar-refractivity contribution in [3.63, 3.8) is 0 Å². The van der Waals surface area contributed by atoms with Gasteiger partial charge >= 0.3 is 5.97 Å². The lowest BCUT2D eigenvalue weighted by Gasteiger charge is -2.38. The van der Waals surface area contributed by atoms with E-state index in [1.807, 2.05) is 0 Å². The maximum absolute atomic E-state index is 11.4. The molecule has 0 unspecified atom stereocenters. The molecule has 0 saturated heterocycles. The highest BCUT2D eigenvalue weighted by Crippen LogP contribution is 2.49. The third kappa shape index (κ3) is 1.40. The van der Waals surface area contributed by atoms with Crippen molar-refractivity contribution in [2.45, 2.75) is 24.7 Å². The van der Waals surface area contributed by atoms with Gasteiger partial charge in [-0.2, -0.15) is 0 Å². The van der Waals surface area contributed by atoms with Gasteiger partial charge in [-0.1, -0.05) is 18.0 Å². The van der Waals surface area contributed by atoms with E-state index >= 15 is 0 Å². The summed E-state index contributed by atoms with van der Waals surface area (Å²) in [4.78, 5) is 11.4. The molecule has 17 heavy (non-hydrogen) atoms. The Morgan fingerprint density at radius 2 is 1.94 bits per heavy atom. The first-order valence-corrected chi connectivity index (χ1v) is 5.84. The van der Waals surface area contributed by atoms with Crippen molar-refractivity contribution in [2.75, 3.05) is 6.79 Å². The number of carboxylic acids is 1. The summed E-state index contributed by atoms with van der Waals surface area (Å²) < 4.78 is 10.5. The normalized spacial score (nSPS) is 19.8. The topological polar surface area (TPSA) is 55.8 Å². The molecule has 3 rings (SSSR count). The van der Waals surface area contributed by atoms with Crippen molar-refractivity contribution in [3.05, 3.63) is 22.7 Å². The number of aliphatic carboxylic acids is 1. The molecule has 2 aliphatic rings. The average molecular weight is 255 g/mol. The predicted octanol–water partition coefficient (Wildman–Crippen LogP) is 2.58. The van der Waals surface area contributed by atoms with E-state index in [0.717, 1.165) is 6.42 Å². The van der Waals surface area contributed by atoms with Crippen molar-refractivity contribution in [2.24, 2.45) is 0 Å². The number of carbonyl (C=O) groups is 1. The molecule has 5 heteroatoms. The number of hydrogen-bond donors (Lipinski definition) is 1. The van der Waals surface area contributed by atoms with Gasteiger partial charge in [-0.15, -0.1) is 0 Å². The Hall–Kier alpha value is -1.42. The lowest BCUT2D eigenvalue weighted by molar-refractivity contribution is -0.147. The maximum atomic E-state index is 11.4. The van der Waals surface area contributed by atoms with Gasteiger partial charge in [0.2, 0.25) is 6.79 Å². The molecule has 1 aromatic rings. The molecule has 1 aromatic carbocycles. The summed E-state index contributed by atoms with van der Waals surface area (Å²) >= 11 is 6.15. The monoisotopic (exact) mass is 254 g/mol. The molecule has 1 fully saturated rings. The van der Waals surface area contributed by atoms with Gasteiger partial charge in [-0.3, -0.25) is 4.79 Å². The molecular weight excluding hydrogens is 244 g/mol. The quantitative estimate of drug-likeness (QED) is 0.881. The van der Waals surface area contributed by atoms with E-state index in [1.54, 1.807) is 12.1 Å². The summed E-state index contributed by atoms with van der Waals surface area (Å²) in [5, 5.41) is 9.82. The molecule has 90 valence electrons. The molecule has 1 aliphatic carbocycles. The number of benzene rings is 1. The third-order valence-electron chi connectivity index (χ3n) is 3.59. The lowest BCUT2D eigenvalue weighted by atomic mass is 9.64. The van der Waals surface area contributed by atoms with Crippen LogP contribution in [0.25, 0.3) is 0 Å². The fourth-order valence-electron chi connectivity index (χ4n) is 2.41. The van der Waals surface area contributed by atoms with Gasteiger partial charge in [0.25, 0.3) is 0 Å². The van der Waals surface area contributed by atoms with Gasteiger partial charge in [0, 0.05) is 11.1 Å². The Kier molecular flexibility index (Phi) is 2.23. The van der Waals surface area contributed by atoms with Crippen LogP contribution in [0.1, 0.15) is 24.8 Å². The molecule has 1 heterocycles. The molecule has 0 aromatic heterocycles. The number of rotatable bonds is 2. The molecule has 1 saturated carbocycles. The zero-order valence-electron chi connectivity index (χ0n) is 9.03. The van der Waals surface area contributed by atoms with Gasteiger partial charge in [0.1, 0.15) is 0 Å². The molecule has 1 aliphatic heterocycles. The van der Waals surface area contributed by atoms with E-state index in [-0.39, 0.29) is 6.79 Å². The van der Waals surface area contributed by atoms with Gasteiger partial charge in [0.15, 0.2) is 11.5 Å². The summed E-state index contributed by atoms with van der Waals surface area (Å²) in [5.41, 5.74) is -0.194. The Labute approximate surface area is 103 Å². The lowest BCUT2D eigenvalue weighted by Crippen LogP contribution is -2.42. The second-order valence-electron chi connectivity index (χ2n) is 4.43. The van der Waals surface area contributed by atoms with Crippen LogP contribution in [0, 0.1) is 0 Å². The van der Waals surface area contributed by atoms with Crippen LogP contribution in [-0.2, 0) is 10.2 Å². The van der Waals surface area contributed by atoms with E-state index in [0.29, 0.717) is 34.9 Å². The molecule has 0 spiro atoms. The molecule has 0 radical (unpaired) electrons. The molecule has 1 N–H and O–H groups in total. The first-order chi connectivity index (χ1) is 8.13.